The van der Waals surface area contributed by atoms with Gasteiger partial charge in [0.05, 0.1) is 6.61 Å². The van der Waals surface area contributed by atoms with E-state index >= 15 is 0 Å². The molecule has 6 nitrogen and oxygen atoms in total. The number of halogens is 1. The van der Waals surface area contributed by atoms with Crippen LogP contribution in [-0.4, -0.2) is 27.2 Å². The first-order valence-corrected chi connectivity index (χ1v) is 4.95. The number of nitrogens with one attached hydrogen (secondary N) is 1. The Morgan fingerprint density at radius 1 is 1.69 bits per heavy atom. The molecule has 1 N–H and O–H groups in total. The molecule has 0 unspecified atom stereocenters. The van der Waals surface area contributed by atoms with Gasteiger partial charge in [-0.15, -0.1) is 0 Å². The molecule has 0 aromatic carbocycles. The summed E-state index contributed by atoms with van der Waals surface area (Å²) in [6.07, 6.45) is 1.36. The minimum absolute atomic E-state index is 0.0372. The van der Waals surface area contributed by atoms with Gasteiger partial charge < -0.3 is 4.74 Å². The van der Waals surface area contributed by atoms with Gasteiger partial charge in [0.1, 0.15) is 10.7 Å². The van der Waals surface area contributed by atoms with Crippen molar-refractivity contribution in [2.24, 2.45) is 0 Å². The van der Waals surface area contributed by atoms with Crippen molar-refractivity contribution in [3.8, 4) is 0 Å². The zero-order valence-electron chi connectivity index (χ0n) is 8.36. The zero-order valence-corrected chi connectivity index (χ0v) is 9.11. The molecule has 0 fully saturated rings. The number of fused-ring (bicyclic) bond motifs is 1. The van der Waals surface area contributed by atoms with Gasteiger partial charge in [-0.2, -0.15) is 0 Å². The normalized spacial score (nSPS) is 10.6. The third kappa shape index (κ3) is 1.67. The number of aromatic amines is 1. The number of carbonyl (C=O) groups excluding carboxylic acids is 1. The highest BCUT2D eigenvalue weighted by Gasteiger charge is 2.15. The third-order valence-electron chi connectivity index (χ3n) is 1.96. The van der Waals surface area contributed by atoms with Crippen LogP contribution in [0.4, 0.5) is 0 Å². The molecule has 0 radical (unpaired) electrons. The van der Waals surface area contributed by atoms with Crippen LogP contribution in [0.15, 0.2) is 17.1 Å². The van der Waals surface area contributed by atoms with Crippen LogP contribution in [0.5, 0.6) is 0 Å². The number of hydrogen-bond donors (Lipinski definition) is 1. The van der Waals surface area contributed by atoms with Crippen LogP contribution in [0.1, 0.15) is 17.3 Å². The fourth-order valence-corrected chi connectivity index (χ4v) is 1.49. The molecule has 2 heterocycles. The van der Waals surface area contributed by atoms with Crippen LogP contribution < -0.4 is 5.56 Å². The Hall–Kier alpha value is -1.82. The summed E-state index contributed by atoms with van der Waals surface area (Å²) < 4.78 is 5.94. The molecule has 2 aromatic heterocycles. The van der Waals surface area contributed by atoms with Gasteiger partial charge in [-0.1, -0.05) is 11.6 Å². The molecule has 7 heteroatoms. The van der Waals surface area contributed by atoms with Crippen LogP contribution in [0.25, 0.3) is 5.65 Å². The van der Waals surface area contributed by atoms with Gasteiger partial charge in [0.2, 0.25) is 0 Å². The van der Waals surface area contributed by atoms with Crippen molar-refractivity contribution in [2.75, 3.05) is 6.61 Å². The first kappa shape index (κ1) is 10.7. The van der Waals surface area contributed by atoms with Crippen molar-refractivity contribution >= 4 is 23.2 Å². The SMILES string of the molecule is CCOC(=O)c1c[nH]n2c(=O)cc(Cl)nc12. The molecule has 0 aliphatic rings. The van der Waals surface area contributed by atoms with Crippen molar-refractivity contribution in [1.82, 2.24) is 14.6 Å². The summed E-state index contributed by atoms with van der Waals surface area (Å²) >= 11 is 5.64. The van der Waals surface area contributed by atoms with E-state index in [2.05, 4.69) is 10.1 Å². The average molecular weight is 242 g/mol. The number of ether oxygens (including phenoxy) is 1. The maximum atomic E-state index is 11.5. The van der Waals surface area contributed by atoms with Gasteiger partial charge in [-0.25, -0.2) is 14.3 Å². The molecule has 84 valence electrons. The van der Waals surface area contributed by atoms with Crippen molar-refractivity contribution in [3.63, 3.8) is 0 Å². The van der Waals surface area contributed by atoms with Crippen molar-refractivity contribution in [3.05, 3.63) is 33.3 Å². The number of aromatic nitrogens is 3. The number of nitrogens with zero attached hydrogens (tertiary/aromatic N) is 2. The smallest absolute Gasteiger partial charge is 0.343 e. The van der Waals surface area contributed by atoms with Crippen molar-refractivity contribution in [2.45, 2.75) is 6.92 Å². The molecular weight excluding hydrogens is 234 g/mol. The van der Waals surface area contributed by atoms with Gasteiger partial charge in [-0.3, -0.25) is 9.89 Å². The van der Waals surface area contributed by atoms with E-state index in [0.717, 1.165) is 10.6 Å². The maximum Gasteiger partial charge on any atom is 0.343 e. The van der Waals surface area contributed by atoms with Gasteiger partial charge in [0, 0.05) is 12.3 Å². The molecule has 2 rings (SSSR count). The molecule has 0 aliphatic carbocycles. The Bertz CT molecular complexity index is 602. The molecule has 0 saturated heterocycles. The number of carbonyl (C=O) groups is 1. The van der Waals surface area contributed by atoms with E-state index in [-0.39, 0.29) is 28.5 Å². The second kappa shape index (κ2) is 3.97. The van der Waals surface area contributed by atoms with E-state index in [9.17, 15) is 9.59 Å². The van der Waals surface area contributed by atoms with Gasteiger partial charge in [0.15, 0.2) is 5.65 Å². The fraction of sp³-hybridized carbons (Fsp3) is 0.222. The Morgan fingerprint density at radius 2 is 2.44 bits per heavy atom. The molecule has 2 aromatic rings. The van der Waals surface area contributed by atoms with Gasteiger partial charge in [0.25, 0.3) is 5.56 Å². The lowest BCUT2D eigenvalue weighted by molar-refractivity contribution is 0.0528. The summed E-state index contributed by atoms with van der Waals surface area (Å²) in [4.78, 5) is 26.8. The number of rotatable bonds is 2. The minimum atomic E-state index is -0.546. The summed E-state index contributed by atoms with van der Waals surface area (Å²) in [5.74, 6) is -0.546. The Labute approximate surface area is 94.8 Å². The van der Waals surface area contributed by atoms with Crippen molar-refractivity contribution < 1.29 is 9.53 Å². The lowest BCUT2D eigenvalue weighted by Gasteiger charge is -1.98. The van der Waals surface area contributed by atoms with E-state index in [1.807, 2.05) is 0 Å². The lowest BCUT2D eigenvalue weighted by Crippen LogP contribution is -2.14. The maximum absolute atomic E-state index is 11.5. The standard InChI is InChI=1S/C9H8ClN3O3/c1-2-16-9(15)5-4-11-13-7(14)3-6(10)12-8(5)13/h3-4,11H,2H2,1H3. The summed E-state index contributed by atoms with van der Waals surface area (Å²) in [7, 11) is 0. The monoisotopic (exact) mass is 241 g/mol. The molecule has 0 atom stereocenters. The van der Waals surface area contributed by atoms with E-state index in [0.29, 0.717) is 0 Å². The quantitative estimate of drug-likeness (QED) is 0.625. The molecule has 0 bridgehead atoms. The molecule has 0 aliphatic heterocycles. The van der Waals surface area contributed by atoms with Crippen LogP contribution >= 0.6 is 11.6 Å². The van der Waals surface area contributed by atoms with Crippen LogP contribution in [-0.2, 0) is 4.74 Å². The third-order valence-corrected chi connectivity index (χ3v) is 2.16. The lowest BCUT2D eigenvalue weighted by atomic mass is 10.3. The number of hydrogen-bond acceptors (Lipinski definition) is 4. The highest BCUT2D eigenvalue weighted by molar-refractivity contribution is 6.29. The van der Waals surface area contributed by atoms with Crippen LogP contribution in [0.2, 0.25) is 5.15 Å². The van der Waals surface area contributed by atoms with E-state index in [4.69, 9.17) is 16.3 Å². The Kier molecular flexibility index (Phi) is 2.66. The predicted octanol–water partition coefficient (Wildman–Crippen LogP) is 0.853. The molecular formula is C9H8ClN3O3. The molecule has 16 heavy (non-hydrogen) atoms. The van der Waals surface area contributed by atoms with Crippen molar-refractivity contribution in [1.29, 1.82) is 0 Å². The number of H-pyrrole nitrogens is 1. The van der Waals surface area contributed by atoms with E-state index in [1.165, 1.54) is 6.20 Å². The van der Waals surface area contributed by atoms with Crippen LogP contribution in [0.3, 0.4) is 0 Å². The summed E-state index contributed by atoms with van der Waals surface area (Å²) in [6.45, 7) is 1.94. The largest absolute Gasteiger partial charge is 0.462 e. The minimum Gasteiger partial charge on any atom is -0.462 e. The first-order chi connectivity index (χ1) is 7.63. The second-order valence-corrected chi connectivity index (χ2v) is 3.37. The molecule has 0 amide bonds. The fourth-order valence-electron chi connectivity index (χ4n) is 1.31. The second-order valence-electron chi connectivity index (χ2n) is 2.98. The van der Waals surface area contributed by atoms with E-state index < -0.39 is 5.97 Å². The molecule has 0 saturated carbocycles. The summed E-state index contributed by atoms with van der Waals surface area (Å²) in [5, 5.41) is 2.64. The first-order valence-electron chi connectivity index (χ1n) is 4.57. The summed E-state index contributed by atoms with van der Waals surface area (Å²) in [5.41, 5.74) is -0.0389. The van der Waals surface area contributed by atoms with Crippen LogP contribution in [0, 0.1) is 0 Å². The topological polar surface area (TPSA) is 76.5 Å². The Morgan fingerprint density at radius 3 is 3.12 bits per heavy atom. The number of esters is 1. The highest BCUT2D eigenvalue weighted by atomic mass is 35.5. The molecule has 0 spiro atoms. The average Bonchev–Trinajstić information content (AvgIpc) is 2.61. The Balaban J connectivity index is 2.64. The van der Waals surface area contributed by atoms with Gasteiger partial charge >= 0.3 is 5.97 Å². The highest BCUT2D eigenvalue weighted by Crippen LogP contribution is 2.10. The predicted molar refractivity (Wildman–Crippen MR) is 56.8 cm³/mol. The van der Waals surface area contributed by atoms with E-state index in [1.54, 1.807) is 6.92 Å². The van der Waals surface area contributed by atoms with Gasteiger partial charge in [-0.05, 0) is 6.92 Å². The summed E-state index contributed by atoms with van der Waals surface area (Å²) in [6, 6.07) is 1.15. The zero-order chi connectivity index (χ0) is 11.7.